The minimum Gasteiger partial charge on any atom is -0.497 e. The number of fused-ring (bicyclic) bond motifs is 3. The Morgan fingerprint density at radius 2 is 2.26 bits per heavy atom. The van der Waals surface area contributed by atoms with Crippen LogP contribution in [0.3, 0.4) is 0 Å². The maximum Gasteiger partial charge on any atom is 0.306 e. The van der Waals surface area contributed by atoms with E-state index in [-0.39, 0.29) is 23.7 Å². The van der Waals surface area contributed by atoms with Crippen LogP contribution < -0.4 is 14.8 Å². The van der Waals surface area contributed by atoms with Crippen molar-refractivity contribution < 1.29 is 24.2 Å². The number of methoxy groups -OCH3 is 1. The van der Waals surface area contributed by atoms with Crippen LogP contribution in [0.2, 0.25) is 0 Å². The maximum absolute atomic E-state index is 12.5. The Labute approximate surface area is 133 Å². The van der Waals surface area contributed by atoms with Gasteiger partial charge in [0.05, 0.1) is 18.6 Å². The van der Waals surface area contributed by atoms with Crippen molar-refractivity contribution in [2.45, 2.75) is 31.4 Å². The second kappa shape index (κ2) is 4.88. The van der Waals surface area contributed by atoms with Crippen LogP contribution in [0.25, 0.3) is 0 Å². The summed E-state index contributed by atoms with van der Waals surface area (Å²) in [6.07, 6.45) is 2.87. The summed E-state index contributed by atoms with van der Waals surface area (Å²) in [6.45, 7) is 0. The minimum atomic E-state index is -0.773. The molecule has 1 aliphatic heterocycles. The van der Waals surface area contributed by atoms with Gasteiger partial charge in [0.1, 0.15) is 11.5 Å². The first-order valence-corrected chi connectivity index (χ1v) is 7.95. The smallest absolute Gasteiger partial charge is 0.306 e. The van der Waals surface area contributed by atoms with Gasteiger partial charge in [0.15, 0.2) is 5.72 Å². The number of rotatable bonds is 2. The third-order valence-electron chi connectivity index (χ3n) is 5.59. The van der Waals surface area contributed by atoms with Crippen molar-refractivity contribution in [1.82, 2.24) is 5.32 Å². The van der Waals surface area contributed by atoms with Crippen LogP contribution in [0.1, 0.15) is 36.0 Å². The van der Waals surface area contributed by atoms with Crippen LogP contribution in [0.5, 0.6) is 11.5 Å². The fraction of sp³-hybridized carbons (Fsp3) is 0.529. The van der Waals surface area contributed by atoms with Crippen LogP contribution in [0.15, 0.2) is 18.2 Å². The standard InChI is InChI=1S/C17H19NO5/c1-22-11-4-5-12-14(7-11)23-17(18-15(12)19)8-9-2-3-10(17)6-13(9)16(20)21/h4-5,7,9-10,13H,2-3,6,8H2,1H3,(H,18,19)(H,20,21)/t9-,10-,13+,17-/m1/s1. The summed E-state index contributed by atoms with van der Waals surface area (Å²) in [5, 5.41) is 12.4. The highest BCUT2D eigenvalue weighted by Crippen LogP contribution is 2.52. The molecular weight excluding hydrogens is 298 g/mol. The first kappa shape index (κ1) is 14.4. The van der Waals surface area contributed by atoms with E-state index in [0.717, 1.165) is 12.8 Å². The monoisotopic (exact) mass is 317 g/mol. The number of carboxylic acids is 1. The SMILES string of the molecule is COc1ccc2c(c1)O[C@@]1(C[C@H]3CC[C@@H]1C[C@@H]3C(=O)O)NC2=O. The molecule has 2 N–H and O–H groups in total. The number of carbonyl (C=O) groups excluding carboxylic acids is 1. The van der Waals surface area contributed by atoms with Gasteiger partial charge in [0.25, 0.3) is 5.91 Å². The molecule has 23 heavy (non-hydrogen) atoms. The van der Waals surface area contributed by atoms with Gasteiger partial charge in [-0.05, 0) is 37.3 Å². The number of benzene rings is 1. The van der Waals surface area contributed by atoms with E-state index in [2.05, 4.69) is 5.32 Å². The van der Waals surface area contributed by atoms with Crippen LogP contribution in [-0.2, 0) is 4.79 Å². The van der Waals surface area contributed by atoms with Gasteiger partial charge < -0.3 is 19.9 Å². The van der Waals surface area contributed by atoms with Gasteiger partial charge in [0, 0.05) is 18.4 Å². The van der Waals surface area contributed by atoms with Crippen molar-refractivity contribution in [2.75, 3.05) is 7.11 Å². The highest BCUT2D eigenvalue weighted by atomic mass is 16.5. The summed E-state index contributed by atoms with van der Waals surface area (Å²) in [4.78, 5) is 23.9. The van der Waals surface area contributed by atoms with E-state index in [9.17, 15) is 14.7 Å². The molecule has 1 aromatic carbocycles. The van der Waals surface area contributed by atoms with Crippen molar-refractivity contribution in [1.29, 1.82) is 0 Å². The summed E-state index contributed by atoms with van der Waals surface area (Å²) in [5.41, 5.74) is -0.279. The van der Waals surface area contributed by atoms with E-state index in [0.29, 0.717) is 29.9 Å². The molecule has 3 fully saturated rings. The Morgan fingerprint density at radius 1 is 1.43 bits per heavy atom. The van der Waals surface area contributed by atoms with Crippen molar-refractivity contribution in [3.63, 3.8) is 0 Å². The number of aliphatic carboxylic acids is 1. The zero-order valence-corrected chi connectivity index (χ0v) is 12.9. The van der Waals surface area contributed by atoms with Crippen molar-refractivity contribution in [3.8, 4) is 11.5 Å². The fourth-order valence-electron chi connectivity index (χ4n) is 4.42. The second-order valence-electron chi connectivity index (χ2n) is 6.73. The Kier molecular flexibility index (Phi) is 3.04. The topological polar surface area (TPSA) is 84.9 Å². The van der Waals surface area contributed by atoms with Gasteiger partial charge in [-0.25, -0.2) is 0 Å². The van der Waals surface area contributed by atoms with Gasteiger partial charge >= 0.3 is 5.97 Å². The fourth-order valence-corrected chi connectivity index (χ4v) is 4.42. The van der Waals surface area contributed by atoms with Gasteiger partial charge in [-0.1, -0.05) is 0 Å². The average Bonchev–Trinajstić information content (AvgIpc) is 2.54. The highest BCUT2D eigenvalue weighted by molar-refractivity contribution is 5.98. The van der Waals surface area contributed by atoms with E-state index in [4.69, 9.17) is 9.47 Å². The molecule has 122 valence electrons. The number of nitrogens with one attached hydrogen (secondary N) is 1. The summed E-state index contributed by atoms with van der Waals surface area (Å²) in [7, 11) is 1.57. The second-order valence-corrected chi connectivity index (χ2v) is 6.73. The molecular formula is C17H19NO5. The summed E-state index contributed by atoms with van der Waals surface area (Å²) in [6, 6.07) is 5.15. The van der Waals surface area contributed by atoms with Crippen molar-refractivity contribution in [3.05, 3.63) is 23.8 Å². The lowest BCUT2D eigenvalue weighted by Gasteiger charge is -2.54. The molecule has 0 radical (unpaired) electrons. The molecule has 4 atom stereocenters. The molecule has 4 aliphatic rings. The summed E-state index contributed by atoms with van der Waals surface area (Å²) in [5.74, 6) is 0.00559. The number of carbonyl (C=O) groups is 2. The van der Waals surface area contributed by atoms with Gasteiger partial charge in [-0.2, -0.15) is 0 Å². The normalized spacial score (nSPS) is 34.5. The molecule has 6 heteroatoms. The molecule has 3 saturated carbocycles. The minimum absolute atomic E-state index is 0.0249. The van der Waals surface area contributed by atoms with E-state index in [1.165, 1.54) is 0 Å². The molecule has 2 bridgehead atoms. The number of amides is 1. The summed E-state index contributed by atoms with van der Waals surface area (Å²) < 4.78 is 11.4. The lowest BCUT2D eigenvalue weighted by Crippen LogP contribution is -2.66. The summed E-state index contributed by atoms with van der Waals surface area (Å²) >= 11 is 0. The lowest BCUT2D eigenvalue weighted by molar-refractivity contribution is -0.161. The van der Waals surface area contributed by atoms with Gasteiger partial charge in [-0.15, -0.1) is 0 Å². The van der Waals surface area contributed by atoms with Gasteiger partial charge in [-0.3, -0.25) is 9.59 Å². The van der Waals surface area contributed by atoms with Crippen LogP contribution >= 0.6 is 0 Å². The molecule has 1 aromatic rings. The van der Waals surface area contributed by atoms with Crippen LogP contribution in [-0.4, -0.2) is 29.8 Å². The van der Waals surface area contributed by atoms with E-state index in [1.807, 2.05) is 0 Å². The maximum atomic E-state index is 12.5. The molecule has 5 rings (SSSR count). The molecule has 3 aliphatic carbocycles. The third kappa shape index (κ3) is 2.08. The molecule has 0 saturated heterocycles. The Bertz CT molecular complexity index is 688. The molecule has 1 amide bonds. The number of carboxylic acid groups (broad SMARTS) is 1. The van der Waals surface area contributed by atoms with Crippen LogP contribution in [0, 0.1) is 17.8 Å². The zero-order valence-electron chi connectivity index (χ0n) is 12.9. The first-order chi connectivity index (χ1) is 11.0. The van der Waals surface area contributed by atoms with E-state index in [1.54, 1.807) is 25.3 Å². The van der Waals surface area contributed by atoms with E-state index >= 15 is 0 Å². The molecule has 1 spiro atoms. The van der Waals surface area contributed by atoms with Crippen molar-refractivity contribution in [2.24, 2.45) is 17.8 Å². The highest BCUT2D eigenvalue weighted by Gasteiger charge is 2.57. The number of hydrogen-bond donors (Lipinski definition) is 2. The largest absolute Gasteiger partial charge is 0.497 e. The van der Waals surface area contributed by atoms with Crippen LogP contribution in [0.4, 0.5) is 0 Å². The van der Waals surface area contributed by atoms with E-state index < -0.39 is 11.7 Å². The zero-order chi connectivity index (χ0) is 16.2. The molecule has 0 unspecified atom stereocenters. The Balaban J connectivity index is 1.69. The molecule has 0 aromatic heterocycles. The average molecular weight is 317 g/mol. The molecule has 6 nitrogen and oxygen atoms in total. The first-order valence-electron chi connectivity index (χ1n) is 7.95. The Morgan fingerprint density at radius 3 is 2.91 bits per heavy atom. The Hall–Kier alpha value is -2.24. The quantitative estimate of drug-likeness (QED) is 0.872. The molecule has 1 heterocycles. The number of hydrogen-bond acceptors (Lipinski definition) is 4. The predicted molar refractivity (Wildman–Crippen MR) is 80.4 cm³/mol. The third-order valence-corrected chi connectivity index (χ3v) is 5.59. The number of ether oxygens (including phenoxy) is 2. The van der Waals surface area contributed by atoms with Crippen molar-refractivity contribution >= 4 is 11.9 Å². The lowest BCUT2D eigenvalue weighted by atomic mass is 9.60. The van der Waals surface area contributed by atoms with Gasteiger partial charge in [0.2, 0.25) is 0 Å². The predicted octanol–water partition coefficient (Wildman–Crippen LogP) is 2.03.